The van der Waals surface area contributed by atoms with E-state index in [1.165, 1.54) is 29.7 Å². The topological polar surface area (TPSA) is 93.4 Å². The molecule has 0 bridgehead atoms. The number of benzene rings is 1. The summed E-state index contributed by atoms with van der Waals surface area (Å²) in [5.41, 5.74) is 0.491. The van der Waals surface area contributed by atoms with E-state index in [0.717, 1.165) is 11.8 Å². The lowest BCUT2D eigenvalue weighted by Gasteiger charge is -2.21. The summed E-state index contributed by atoms with van der Waals surface area (Å²) in [5, 5.41) is 14.6. The van der Waals surface area contributed by atoms with Crippen LogP contribution in [0.15, 0.2) is 58.6 Å². The Bertz CT molecular complexity index is 868. The zero-order valence-electron chi connectivity index (χ0n) is 14.7. The monoisotopic (exact) mass is 395 g/mol. The highest BCUT2D eigenvalue weighted by Gasteiger charge is 2.22. The molecule has 0 aliphatic rings. The van der Waals surface area contributed by atoms with E-state index in [1.807, 2.05) is 0 Å². The lowest BCUT2D eigenvalue weighted by molar-refractivity contribution is -0.645. The van der Waals surface area contributed by atoms with Crippen molar-refractivity contribution < 1.29 is 17.9 Å². The maximum Gasteiger partial charge on any atom is 0.251 e. The molecule has 1 aromatic carbocycles. The Morgan fingerprint density at radius 2 is 1.88 bits per heavy atom. The van der Waals surface area contributed by atoms with E-state index in [0.29, 0.717) is 15.4 Å². The minimum atomic E-state index is -3.56. The second-order valence-corrected chi connectivity index (χ2v) is 8.83. The lowest BCUT2D eigenvalue weighted by atomic mass is 10.3. The van der Waals surface area contributed by atoms with E-state index in [4.69, 9.17) is 0 Å². The smallest absolute Gasteiger partial charge is 0.251 e. The van der Waals surface area contributed by atoms with Crippen LogP contribution in [0.4, 0.5) is 5.69 Å². The third kappa shape index (κ3) is 4.96. The van der Waals surface area contributed by atoms with Crippen LogP contribution in [0.1, 0.15) is 13.8 Å². The molecule has 2 aromatic rings. The second-order valence-electron chi connectivity index (χ2n) is 5.84. The van der Waals surface area contributed by atoms with Gasteiger partial charge in [0.1, 0.15) is 0 Å². The zero-order chi connectivity index (χ0) is 19.3. The van der Waals surface area contributed by atoms with E-state index in [9.17, 15) is 18.4 Å². The molecule has 1 amide bonds. The summed E-state index contributed by atoms with van der Waals surface area (Å²) in [6.07, 6.45) is 1.37. The van der Waals surface area contributed by atoms with Crippen LogP contribution in [0.5, 0.6) is 0 Å². The van der Waals surface area contributed by atoms with Crippen molar-refractivity contribution in [3.8, 4) is 0 Å². The average Bonchev–Trinajstić information content (AvgIpc) is 2.60. The van der Waals surface area contributed by atoms with Crippen molar-refractivity contribution in [2.24, 2.45) is 0 Å². The first-order chi connectivity index (χ1) is 12.2. The van der Waals surface area contributed by atoms with Gasteiger partial charge in [-0.2, -0.15) is 9.04 Å². The number of sulfonamides is 1. The zero-order valence-corrected chi connectivity index (χ0v) is 16.4. The van der Waals surface area contributed by atoms with Crippen molar-refractivity contribution >= 4 is 33.4 Å². The van der Waals surface area contributed by atoms with Gasteiger partial charge < -0.3 is 10.5 Å². The summed E-state index contributed by atoms with van der Waals surface area (Å²) >= 11 is 1.12. The van der Waals surface area contributed by atoms with E-state index in [-0.39, 0.29) is 22.6 Å². The number of nitrogens with zero attached hydrogens (tertiary/aromatic N) is 2. The molecule has 7 nitrogen and oxygen atoms in total. The quantitative estimate of drug-likeness (QED) is 0.440. The second kappa shape index (κ2) is 8.52. The summed E-state index contributed by atoms with van der Waals surface area (Å²) in [6, 6.07) is 10.8. The van der Waals surface area contributed by atoms with Crippen LogP contribution < -0.4 is 10.0 Å². The fourth-order valence-electron chi connectivity index (χ4n) is 2.01. The molecule has 0 saturated heterocycles. The first kappa shape index (κ1) is 20.2. The minimum Gasteiger partial charge on any atom is -0.618 e. The number of nitrogens with one attached hydrogen (secondary N) is 1. The number of aromatic nitrogens is 1. The molecule has 0 fully saturated rings. The third-order valence-corrected chi connectivity index (χ3v) is 6.75. The van der Waals surface area contributed by atoms with Gasteiger partial charge in [-0.3, -0.25) is 4.79 Å². The van der Waals surface area contributed by atoms with Crippen molar-refractivity contribution in [1.82, 2.24) is 4.31 Å². The molecule has 26 heavy (non-hydrogen) atoms. The van der Waals surface area contributed by atoms with Crippen molar-refractivity contribution in [3.05, 3.63) is 53.9 Å². The predicted octanol–water partition coefficient (Wildman–Crippen LogP) is 2.08. The number of rotatable bonds is 7. The number of pyridine rings is 1. The van der Waals surface area contributed by atoms with Crippen molar-refractivity contribution in [2.75, 3.05) is 18.1 Å². The molecule has 1 heterocycles. The van der Waals surface area contributed by atoms with Crippen molar-refractivity contribution in [1.29, 1.82) is 0 Å². The summed E-state index contributed by atoms with van der Waals surface area (Å²) in [7, 11) is -2.03. The molecule has 9 heteroatoms. The van der Waals surface area contributed by atoms with E-state index >= 15 is 0 Å². The predicted molar refractivity (Wildman–Crippen MR) is 101 cm³/mol. The Balaban J connectivity index is 1.98. The van der Waals surface area contributed by atoms with Gasteiger partial charge in [0, 0.05) is 30.9 Å². The number of thioether (sulfide) groups is 1. The summed E-state index contributed by atoms with van der Waals surface area (Å²) in [5.74, 6) is -0.212. The van der Waals surface area contributed by atoms with Crippen LogP contribution in [0.25, 0.3) is 0 Å². The largest absolute Gasteiger partial charge is 0.618 e. The molecule has 2 rings (SSSR count). The summed E-state index contributed by atoms with van der Waals surface area (Å²) in [4.78, 5) is 12.2. The van der Waals surface area contributed by atoms with Crippen LogP contribution in [0, 0.1) is 5.21 Å². The Morgan fingerprint density at radius 3 is 2.46 bits per heavy atom. The highest BCUT2D eigenvalue weighted by atomic mass is 32.2. The first-order valence-electron chi connectivity index (χ1n) is 7.91. The Kier molecular flexibility index (Phi) is 6.63. The molecule has 0 unspecified atom stereocenters. The molecule has 0 saturated carbocycles. The van der Waals surface area contributed by atoms with Gasteiger partial charge in [-0.15, -0.1) is 0 Å². The molecule has 0 spiro atoms. The van der Waals surface area contributed by atoms with E-state index < -0.39 is 10.0 Å². The Labute approximate surface area is 157 Å². The fraction of sp³-hybridized carbons (Fsp3) is 0.294. The molecule has 0 aliphatic heterocycles. The van der Waals surface area contributed by atoms with Crippen LogP contribution in [0.3, 0.4) is 0 Å². The van der Waals surface area contributed by atoms with Crippen LogP contribution in [0.2, 0.25) is 0 Å². The number of hydrogen-bond donors (Lipinski definition) is 1. The number of amides is 1. The number of hydrogen-bond acceptors (Lipinski definition) is 5. The minimum absolute atomic E-state index is 0.0718. The molecule has 1 aromatic heterocycles. The van der Waals surface area contributed by atoms with Crippen LogP contribution in [-0.2, 0) is 14.8 Å². The normalized spacial score (nSPS) is 11.7. The van der Waals surface area contributed by atoms with Gasteiger partial charge >= 0.3 is 0 Å². The molecule has 1 N–H and O–H groups in total. The van der Waals surface area contributed by atoms with Crippen molar-refractivity contribution in [3.63, 3.8) is 0 Å². The molecule has 0 aliphatic carbocycles. The van der Waals surface area contributed by atoms with E-state index in [2.05, 4.69) is 5.32 Å². The SMILES string of the molecule is CC(C)N(C)S(=O)(=O)c1ccc(NC(=O)CSc2cccc[n+]2[O-])cc1. The number of anilines is 1. The molecule has 0 radical (unpaired) electrons. The van der Waals surface area contributed by atoms with Gasteiger partial charge in [0.05, 0.1) is 10.6 Å². The average molecular weight is 396 g/mol. The maximum absolute atomic E-state index is 12.4. The van der Waals surface area contributed by atoms with Gasteiger partial charge in [0.25, 0.3) is 5.03 Å². The van der Waals surface area contributed by atoms with Gasteiger partial charge in [-0.1, -0.05) is 0 Å². The maximum atomic E-state index is 12.4. The van der Waals surface area contributed by atoms with Crippen LogP contribution >= 0.6 is 11.8 Å². The lowest BCUT2D eigenvalue weighted by Crippen LogP contribution is -2.33. The van der Waals surface area contributed by atoms with Gasteiger partial charge in [0.15, 0.2) is 6.20 Å². The Morgan fingerprint density at radius 1 is 1.23 bits per heavy atom. The standard InChI is InChI=1S/C17H21N3O4S2/c1-13(2)19(3)26(23,24)15-9-7-14(8-10-15)18-16(21)12-25-17-6-4-5-11-20(17)22/h4-11,13H,12H2,1-3H3,(H,18,21). The highest BCUT2D eigenvalue weighted by Crippen LogP contribution is 2.19. The first-order valence-corrected chi connectivity index (χ1v) is 10.3. The molecular weight excluding hydrogens is 374 g/mol. The summed E-state index contributed by atoms with van der Waals surface area (Å²) in [6.45, 7) is 3.59. The molecule has 140 valence electrons. The summed E-state index contributed by atoms with van der Waals surface area (Å²) < 4.78 is 26.8. The Hall–Kier alpha value is -2.10. The number of carbonyl (C=O) groups excluding carboxylic acids is 1. The fourth-order valence-corrected chi connectivity index (χ4v) is 4.10. The van der Waals surface area contributed by atoms with Gasteiger partial charge in [0.2, 0.25) is 15.9 Å². The van der Waals surface area contributed by atoms with Gasteiger partial charge in [-0.05, 0) is 55.9 Å². The van der Waals surface area contributed by atoms with Gasteiger partial charge in [-0.25, -0.2) is 8.42 Å². The van der Waals surface area contributed by atoms with Crippen LogP contribution in [-0.4, -0.2) is 37.5 Å². The van der Waals surface area contributed by atoms with Crippen molar-refractivity contribution in [2.45, 2.75) is 29.8 Å². The molecular formula is C17H21N3O4S2. The molecule has 0 atom stereocenters. The highest BCUT2D eigenvalue weighted by molar-refractivity contribution is 7.99. The third-order valence-electron chi connectivity index (χ3n) is 3.68. The van der Waals surface area contributed by atoms with E-state index in [1.54, 1.807) is 44.2 Å². The number of carbonyl (C=O) groups is 1.